The number of piperazine rings is 1. The first-order valence-corrected chi connectivity index (χ1v) is 12.6. The zero-order valence-corrected chi connectivity index (χ0v) is 18.6. The molecule has 1 aromatic carbocycles. The number of amides is 1. The molecule has 1 aliphatic heterocycles. The van der Waals surface area contributed by atoms with Crippen LogP contribution in [0, 0.1) is 17.2 Å². The van der Waals surface area contributed by atoms with Crippen LogP contribution in [0.15, 0.2) is 35.2 Å². The van der Waals surface area contributed by atoms with E-state index in [0.717, 1.165) is 17.7 Å². The van der Waals surface area contributed by atoms with E-state index < -0.39 is 10.0 Å². The number of carbonyl (C=O) groups is 1. The van der Waals surface area contributed by atoms with Crippen molar-refractivity contribution in [2.75, 3.05) is 26.2 Å². The monoisotopic (exact) mass is 443 g/mol. The second kappa shape index (κ2) is 8.50. The Morgan fingerprint density at radius 1 is 1.23 bits per heavy atom. The van der Waals surface area contributed by atoms with Crippen LogP contribution in [0.1, 0.15) is 45.4 Å². The van der Waals surface area contributed by atoms with Crippen LogP contribution in [0.25, 0.3) is 0 Å². The minimum absolute atomic E-state index is 0.00285. The molecule has 2 heterocycles. The van der Waals surface area contributed by atoms with Gasteiger partial charge in [-0.25, -0.2) is 8.42 Å². The van der Waals surface area contributed by atoms with Gasteiger partial charge in [-0.2, -0.15) is 9.57 Å². The third-order valence-corrected chi connectivity index (χ3v) is 9.31. The zero-order chi connectivity index (χ0) is 21.3. The van der Waals surface area contributed by atoms with Gasteiger partial charge < -0.3 is 4.90 Å². The van der Waals surface area contributed by atoms with Gasteiger partial charge in [-0.3, -0.25) is 4.79 Å². The van der Waals surface area contributed by atoms with Gasteiger partial charge in [0.1, 0.15) is 6.07 Å². The summed E-state index contributed by atoms with van der Waals surface area (Å²) in [6, 6.07) is 10.2. The van der Waals surface area contributed by atoms with Crippen LogP contribution in [0.4, 0.5) is 0 Å². The maximum absolute atomic E-state index is 13.0. The van der Waals surface area contributed by atoms with E-state index in [-0.39, 0.29) is 29.5 Å². The quantitative estimate of drug-likeness (QED) is 0.726. The number of fused-ring (bicyclic) bond motifs is 1. The Hall–Kier alpha value is -2.21. The van der Waals surface area contributed by atoms with E-state index in [4.69, 9.17) is 0 Å². The van der Waals surface area contributed by atoms with Gasteiger partial charge in [0.2, 0.25) is 10.0 Å². The summed E-state index contributed by atoms with van der Waals surface area (Å²) in [7, 11) is -3.75. The Labute approximate surface area is 181 Å². The molecular formula is C22H25N3O3S2. The summed E-state index contributed by atoms with van der Waals surface area (Å²) in [6.07, 6.45) is 4.47. The molecule has 0 bridgehead atoms. The van der Waals surface area contributed by atoms with E-state index in [0.29, 0.717) is 19.0 Å². The van der Waals surface area contributed by atoms with Gasteiger partial charge in [0.15, 0.2) is 0 Å². The number of sulfonamides is 1. The van der Waals surface area contributed by atoms with Crippen molar-refractivity contribution in [2.45, 2.75) is 37.5 Å². The maximum atomic E-state index is 13.0. The highest BCUT2D eigenvalue weighted by Gasteiger charge is 2.32. The number of hydrogen-bond donors (Lipinski definition) is 0. The fourth-order valence-corrected chi connectivity index (χ4v) is 7.00. The second-order valence-corrected chi connectivity index (χ2v) is 10.9. The molecule has 2 aromatic rings. The van der Waals surface area contributed by atoms with E-state index in [1.165, 1.54) is 39.7 Å². The number of hydrogen-bond acceptors (Lipinski definition) is 5. The molecule has 8 heteroatoms. The number of thiophene rings is 1. The number of aryl methyl sites for hydroxylation is 1. The second-order valence-electron chi connectivity index (χ2n) is 7.88. The first-order valence-electron chi connectivity index (χ1n) is 10.3. The average Bonchev–Trinajstić information content (AvgIpc) is 3.21. The molecule has 1 atom stereocenters. The van der Waals surface area contributed by atoms with Crippen LogP contribution in [-0.2, 0) is 22.9 Å². The molecule has 30 heavy (non-hydrogen) atoms. The molecular weight excluding hydrogens is 418 g/mol. The standard InChI is InChI=1S/C22H25N3O3S2/c1-2-16-7-8-19-18(13-16)14-20(29-19)22(26)24-9-11-25(12-10-24)30(27,28)21-6-4-3-5-17(21)15-23/h3-6,14,16H,2,7-13H2,1H3. The average molecular weight is 444 g/mol. The van der Waals surface area contributed by atoms with Crippen molar-refractivity contribution in [1.82, 2.24) is 9.21 Å². The van der Waals surface area contributed by atoms with Crippen LogP contribution < -0.4 is 0 Å². The van der Waals surface area contributed by atoms with E-state index in [2.05, 4.69) is 13.0 Å². The molecule has 1 aliphatic carbocycles. The minimum atomic E-state index is -3.75. The Morgan fingerprint density at radius 3 is 2.67 bits per heavy atom. The molecule has 0 spiro atoms. The van der Waals surface area contributed by atoms with Crippen molar-refractivity contribution in [1.29, 1.82) is 5.26 Å². The summed E-state index contributed by atoms with van der Waals surface area (Å²) in [5.41, 5.74) is 1.46. The summed E-state index contributed by atoms with van der Waals surface area (Å²) in [4.78, 5) is 16.9. The molecule has 1 aromatic heterocycles. The first-order chi connectivity index (χ1) is 14.4. The minimum Gasteiger partial charge on any atom is -0.335 e. The molecule has 4 rings (SSSR count). The highest BCUT2D eigenvalue weighted by Crippen LogP contribution is 2.34. The highest BCUT2D eigenvalue weighted by molar-refractivity contribution is 7.89. The molecule has 1 fully saturated rings. The Morgan fingerprint density at radius 2 is 1.97 bits per heavy atom. The fraction of sp³-hybridized carbons (Fsp3) is 0.455. The van der Waals surface area contributed by atoms with Crippen molar-refractivity contribution in [3.8, 4) is 6.07 Å². The molecule has 1 saturated heterocycles. The van der Waals surface area contributed by atoms with Crippen LogP contribution >= 0.6 is 11.3 Å². The summed E-state index contributed by atoms with van der Waals surface area (Å²) in [5, 5.41) is 9.24. The number of benzene rings is 1. The fourth-order valence-electron chi connectivity index (χ4n) is 4.26. The van der Waals surface area contributed by atoms with Crippen molar-refractivity contribution < 1.29 is 13.2 Å². The zero-order valence-electron chi connectivity index (χ0n) is 17.0. The van der Waals surface area contributed by atoms with Gasteiger partial charge in [0, 0.05) is 31.1 Å². The summed E-state index contributed by atoms with van der Waals surface area (Å²) >= 11 is 1.60. The molecule has 6 nitrogen and oxygen atoms in total. The van der Waals surface area contributed by atoms with Gasteiger partial charge >= 0.3 is 0 Å². The van der Waals surface area contributed by atoms with Crippen molar-refractivity contribution in [2.24, 2.45) is 5.92 Å². The molecule has 0 radical (unpaired) electrons. The maximum Gasteiger partial charge on any atom is 0.264 e. The molecule has 0 N–H and O–H groups in total. The van der Waals surface area contributed by atoms with E-state index >= 15 is 0 Å². The largest absolute Gasteiger partial charge is 0.335 e. The van der Waals surface area contributed by atoms with E-state index in [1.807, 2.05) is 6.07 Å². The lowest BCUT2D eigenvalue weighted by molar-refractivity contribution is 0.0702. The number of nitriles is 1. The lowest BCUT2D eigenvalue weighted by atomic mass is 9.87. The van der Waals surface area contributed by atoms with Gasteiger partial charge in [-0.15, -0.1) is 11.3 Å². The number of carbonyl (C=O) groups excluding carboxylic acids is 1. The lowest BCUT2D eigenvalue weighted by Gasteiger charge is -2.33. The van der Waals surface area contributed by atoms with Gasteiger partial charge in [-0.1, -0.05) is 25.5 Å². The third kappa shape index (κ3) is 3.89. The Bertz CT molecular complexity index is 1090. The SMILES string of the molecule is CCC1CCc2sc(C(=O)N3CCN(S(=O)(=O)c4ccccc4C#N)CC3)cc2C1. The summed E-state index contributed by atoms with van der Waals surface area (Å²) < 4.78 is 27.3. The first kappa shape index (κ1) is 21.0. The predicted octanol–water partition coefficient (Wildman–Crippen LogP) is 3.28. The smallest absolute Gasteiger partial charge is 0.264 e. The molecule has 0 saturated carbocycles. The normalized spacial score (nSPS) is 19.9. The molecule has 1 amide bonds. The van der Waals surface area contributed by atoms with Crippen molar-refractivity contribution in [3.05, 3.63) is 51.2 Å². The van der Waals surface area contributed by atoms with Crippen molar-refractivity contribution >= 4 is 27.3 Å². The molecule has 1 unspecified atom stereocenters. The third-order valence-electron chi connectivity index (χ3n) is 6.12. The predicted molar refractivity (Wildman–Crippen MR) is 116 cm³/mol. The topological polar surface area (TPSA) is 81.5 Å². The summed E-state index contributed by atoms with van der Waals surface area (Å²) in [5.74, 6) is 0.706. The van der Waals surface area contributed by atoms with Gasteiger partial charge in [-0.05, 0) is 48.9 Å². The van der Waals surface area contributed by atoms with E-state index in [1.54, 1.807) is 28.4 Å². The number of rotatable bonds is 4. The van der Waals surface area contributed by atoms with Crippen molar-refractivity contribution in [3.63, 3.8) is 0 Å². The van der Waals surface area contributed by atoms with E-state index in [9.17, 15) is 18.5 Å². The Kier molecular flexibility index (Phi) is 5.96. The van der Waals surface area contributed by atoms with Crippen LogP contribution in [0.2, 0.25) is 0 Å². The van der Waals surface area contributed by atoms with Crippen LogP contribution in [-0.4, -0.2) is 49.7 Å². The lowest BCUT2D eigenvalue weighted by Crippen LogP contribution is -2.50. The van der Waals surface area contributed by atoms with Crippen LogP contribution in [0.5, 0.6) is 0 Å². The Balaban J connectivity index is 1.44. The number of nitrogens with zero attached hydrogens (tertiary/aromatic N) is 3. The molecule has 158 valence electrons. The van der Waals surface area contributed by atoms with Gasteiger partial charge in [0.05, 0.1) is 15.3 Å². The van der Waals surface area contributed by atoms with Crippen LogP contribution in [0.3, 0.4) is 0 Å². The summed E-state index contributed by atoms with van der Waals surface area (Å²) in [6.45, 7) is 3.39. The van der Waals surface area contributed by atoms with Gasteiger partial charge in [0.25, 0.3) is 5.91 Å². The molecule has 2 aliphatic rings. The highest BCUT2D eigenvalue weighted by atomic mass is 32.2.